The van der Waals surface area contributed by atoms with Gasteiger partial charge in [0.2, 0.25) is 11.8 Å². The number of hydrogen-bond donors (Lipinski definition) is 4. The molecule has 0 spiro atoms. The zero-order valence-corrected chi connectivity index (χ0v) is 56.2. The molecule has 16 nitrogen and oxygen atoms in total. The average Bonchev–Trinajstić information content (AvgIpc) is 4.16. The van der Waals surface area contributed by atoms with Crippen molar-refractivity contribution in [1.29, 1.82) is 0 Å². The van der Waals surface area contributed by atoms with E-state index in [1.54, 1.807) is 14.2 Å². The number of likely N-dealkylation sites (tertiary alicyclic amines) is 2. The van der Waals surface area contributed by atoms with E-state index in [4.69, 9.17) is 23.4 Å². The van der Waals surface area contributed by atoms with Crippen LogP contribution in [-0.4, -0.2) is 156 Å². The summed E-state index contributed by atoms with van der Waals surface area (Å²) < 4.78 is 31.6. The number of carbonyl (C=O) groups is 5. The van der Waals surface area contributed by atoms with Crippen LogP contribution >= 0.6 is 0 Å². The highest BCUT2D eigenvalue weighted by Crippen LogP contribution is 2.71. The highest BCUT2D eigenvalue weighted by Gasteiger charge is 2.70. The molecule has 0 aromatic heterocycles. The Morgan fingerprint density at radius 3 is 1.55 bits per heavy atom. The second-order valence-electron chi connectivity index (χ2n) is 31.5. The lowest BCUT2D eigenvalue weighted by molar-refractivity contribution is -0.217. The number of hydrogen-bond acceptors (Lipinski definition) is 14. The number of rotatable bonds is 12. The minimum atomic E-state index is -2.02. The predicted molar refractivity (Wildman–Crippen MR) is 326 cm³/mol. The number of imide groups is 2. The second kappa shape index (κ2) is 25.5. The molecule has 8 aliphatic rings. The van der Waals surface area contributed by atoms with Crippen molar-refractivity contribution in [1.82, 2.24) is 20.4 Å². The van der Waals surface area contributed by atoms with Crippen molar-refractivity contribution in [3.05, 3.63) is 0 Å². The van der Waals surface area contributed by atoms with Crippen molar-refractivity contribution in [3.63, 3.8) is 0 Å². The molecule has 8 fully saturated rings. The molecule has 17 heteroatoms. The molecule has 2 saturated heterocycles. The smallest absolute Gasteiger partial charge is 0.414 e. The van der Waals surface area contributed by atoms with Crippen LogP contribution in [0.4, 0.5) is 9.59 Å². The first-order valence-electron chi connectivity index (χ1n) is 32.5. The van der Waals surface area contributed by atoms with Gasteiger partial charge in [0, 0.05) is 74.5 Å². The topological polar surface area (TPSA) is 202 Å². The first-order valence-corrected chi connectivity index (χ1v) is 35.4. The van der Waals surface area contributed by atoms with Gasteiger partial charge in [0.1, 0.15) is 18.0 Å². The Morgan fingerprint density at radius 2 is 1.10 bits per heavy atom. The molecule has 2 aliphatic heterocycles. The first kappa shape index (κ1) is 68.0. The van der Waals surface area contributed by atoms with Gasteiger partial charge in [-0.15, -0.1) is 0 Å². The predicted octanol–water partition coefficient (Wildman–Crippen LogP) is 10.9. The fraction of sp³-hybridized carbons (Fsp3) is 0.924. The normalized spacial score (nSPS) is 44.1. The molecule has 6 aliphatic carbocycles. The third-order valence-corrected chi connectivity index (χ3v) is 30.6. The summed E-state index contributed by atoms with van der Waals surface area (Å²) in [5.41, 5.74) is -2.54. The lowest BCUT2D eigenvalue weighted by Crippen LogP contribution is -2.64. The summed E-state index contributed by atoms with van der Waals surface area (Å²) in [5, 5.41) is 27.2. The molecule has 0 aromatic carbocycles. The van der Waals surface area contributed by atoms with Gasteiger partial charge < -0.3 is 43.4 Å². The van der Waals surface area contributed by atoms with Gasteiger partial charge in [0.25, 0.3) is 0 Å². The maximum atomic E-state index is 14.8. The maximum Gasteiger partial charge on any atom is 0.414 e. The van der Waals surface area contributed by atoms with E-state index in [-0.39, 0.29) is 111 Å². The van der Waals surface area contributed by atoms with Gasteiger partial charge in [-0.1, -0.05) is 90.0 Å². The number of amides is 4. The summed E-state index contributed by atoms with van der Waals surface area (Å²) in [7, 11) is 5.54. The molecule has 6 saturated carbocycles. The van der Waals surface area contributed by atoms with Crippen LogP contribution < -0.4 is 10.6 Å². The van der Waals surface area contributed by atoms with Gasteiger partial charge in [-0.25, -0.2) is 9.59 Å². The van der Waals surface area contributed by atoms with Crippen molar-refractivity contribution in [3.8, 4) is 0 Å². The zero-order valence-electron chi connectivity index (χ0n) is 55.2. The Hall–Kier alpha value is -2.51. The molecule has 4 amide bonds. The number of Topliss-reactive ketones (excluding diaryl/α,β-unsaturated/α-hetero) is 1. The fourth-order valence-electron chi connectivity index (χ4n) is 18.9. The Kier molecular flexibility index (Phi) is 20.9. The van der Waals surface area contributed by atoms with Crippen molar-refractivity contribution < 1.29 is 57.6 Å². The van der Waals surface area contributed by atoms with E-state index in [2.05, 4.69) is 117 Å². The molecular formula is C66H116N4O12Si. The molecule has 21 atom stereocenters. The number of piperidine rings is 2. The molecule has 4 unspecified atom stereocenters. The van der Waals surface area contributed by atoms with E-state index in [9.17, 15) is 34.2 Å². The van der Waals surface area contributed by atoms with Crippen LogP contribution in [0, 0.1) is 91.7 Å². The van der Waals surface area contributed by atoms with Gasteiger partial charge >= 0.3 is 12.2 Å². The van der Waals surface area contributed by atoms with Crippen molar-refractivity contribution in [2.24, 2.45) is 91.7 Å². The van der Waals surface area contributed by atoms with E-state index < -0.39 is 60.5 Å². The number of nitrogens with zero attached hydrogens (tertiary/aromatic N) is 2. The Morgan fingerprint density at radius 1 is 0.663 bits per heavy atom. The summed E-state index contributed by atoms with van der Waals surface area (Å²) in [4.78, 5) is 72.7. The molecule has 0 radical (unpaired) electrons. The van der Waals surface area contributed by atoms with Gasteiger partial charge in [0.05, 0.1) is 30.1 Å². The monoisotopic (exact) mass is 1180 g/mol. The van der Waals surface area contributed by atoms with E-state index >= 15 is 0 Å². The number of alkyl carbamates (subject to hydrolysis) is 2. The highest BCUT2D eigenvalue weighted by molar-refractivity contribution is 6.74. The van der Waals surface area contributed by atoms with Crippen LogP contribution in [0.2, 0.25) is 18.1 Å². The quantitative estimate of drug-likeness (QED) is 0.134. The van der Waals surface area contributed by atoms with Crippen LogP contribution in [0.3, 0.4) is 0 Å². The largest absolute Gasteiger partial charge is 0.445 e. The third-order valence-electron chi connectivity index (χ3n) is 26.1. The standard InChI is InChI=1S/C36H64N2O6Si.C30H52N2O6/c1-23-15-19-38(9)22-26(23)31(40)37-32(41)44-28-21-34(7,18-20-43-45(11,12)33(4,5)6)30(39)25(3)36-16-13-24(2)35(28,8)29(36)27(42-10)14-17-36;1-18-10-14-32(6)17-21(18)26(35)31-27(36)38-23-16-28(4,13-15-33)25(34)20(3)30-11-8-19(2)29(23,5)24(30)22(37-7)9-12-30/h23-29H,13-22H2,1-12H3,(H,37,40,41);18-25,33-34H,8-17H2,1-7H3,(H,31,35,36)/t23-,24+,25-,26-,27+,28+,29?,34+,35-,36?;18-,19+,20-,21-,22+,23+,24?,25-,28+,29-,30?/m00/s1. The molecule has 83 heavy (non-hydrogen) atoms. The Bertz CT molecular complexity index is 2320. The van der Waals surface area contributed by atoms with Crippen LogP contribution in [0.5, 0.6) is 0 Å². The Labute approximate surface area is 502 Å². The van der Waals surface area contributed by atoms with E-state index in [1.807, 2.05) is 21.0 Å². The minimum absolute atomic E-state index is 0.00584. The molecule has 2 heterocycles. The molecule has 476 valence electrons. The average molecular weight is 1190 g/mol. The number of ether oxygens (including phenoxy) is 4. The number of nitrogens with one attached hydrogen (secondary N) is 2. The third kappa shape index (κ3) is 12.6. The van der Waals surface area contributed by atoms with E-state index in [0.29, 0.717) is 45.4 Å². The zero-order chi connectivity index (χ0) is 61.8. The molecule has 4 bridgehead atoms. The van der Waals surface area contributed by atoms with Crippen LogP contribution in [0.15, 0.2) is 0 Å². The van der Waals surface area contributed by atoms with Gasteiger partial charge in [-0.05, 0) is 181 Å². The number of carbonyl (C=O) groups excluding carboxylic acids is 5. The van der Waals surface area contributed by atoms with Gasteiger partial charge in [-0.2, -0.15) is 0 Å². The molecule has 8 rings (SSSR count). The Balaban J connectivity index is 0.000000242. The van der Waals surface area contributed by atoms with Crippen LogP contribution in [0.1, 0.15) is 180 Å². The van der Waals surface area contributed by atoms with E-state index in [0.717, 1.165) is 77.3 Å². The van der Waals surface area contributed by atoms with Crippen molar-refractivity contribution >= 4 is 38.1 Å². The lowest BCUT2D eigenvalue weighted by atomic mass is 9.43. The number of ketones is 1. The summed E-state index contributed by atoms with van der Waals surface area (Å²) in [6, 6.07) is 0. The second-order valence-corrected chi connectivity index (χ2v) is 36.3. The number of aliphatic hydroxyl groups is 2. The van der Waals surface area contributed by atoms with Gasteiger partial charge in [0.15, 0.2) is 8.32 Å². The summed E-state index contributed by atoms with van der Waals surface area (Å²) in [5.74, 6) is 0.166. The number of aliphatic hydroxyl groups excluding tert-OH is 2. The molecule has 4 N–H and O–H groups in total. The van der Waals surface area contributed by atoms with Crippen LogP contribution in [0.25, 0.3) is 0 Å². The summed E-state index contributed by atoms with van der Waals surface area (Å²) in [6.45, 7) is 36.4. The molecular weight excluding hydrogens is 1070 g/mol. The number of methoxy groups -OCH3 is 2. The minimum Gasteiger partial charge on any atom is -0.445 e. The SMILES string of the molecule is CO[C@@H]1CCC23CC[C@@H](C)[C@](C)(C12)[C@H](OC(=O)NC(=O)[C@H]1CN(C)CC[C@@H]1C)C[C@@](C)(CCO)[C@@H](O)[C@@H]3C.CO[C@@H]1CCC23CC[C@@H](C)[C@](C)(C12)[C@H](OC(=O)NC(=O)[C@H]1CN(C)CC[C@@H]1C)C[C@@](C)(CCO[Si](C)(C)C(C)(C)C)C(=O)[C@@H]3C. The lowest BCUT2D eigenvalue weighted by Gasteiger charge is -2.63. The molecule has 0 aromatic rings. The fourth-order valence-corrected chi connectivity index (χ4v) is 19.9. The van der Waals surface area contributed by atoms with Crippen molar-refractivity contribution in [2.75, 3.05) is 67.7 Å². The van der Waals surface area contributed by atoms with Gasteiger partial charge in [-0.3, -0.25) is 25.0 Å². The maximum absolute atomic E-state index is 14.8. The van der Waals surface area contributed by atoms with Crippen LogP contribution in [-0.2, 0) is 37.8 Å². The highest BCUT2D eigenvalue weighted by atomic mass is 28.4. The van der Waals surface area contributed by atoms with Crippen molar-refractivity contribution in [2.45, 2.75) is 229 Å². The summed E-state index contributed by atoms with van der Waals surface area (Å²) in [6.07, 6.45) is 8.21. The summed E-state index contributed by atoms with van der Waals surface area (Å²) >= 11 is 0. The first-order chi connectivity index (χ1) is 38.6. The van der Waals surface area contributed by atoms with E-state index in [1.165, 1.54) is 0 Å².